The van der Waals surface area contributed by atoms with E-state index in [0.29, 0.717) is 0 Å². The molecule has 34 heavy (non-hydrogen) atoms. The lowest BCUT2D eigenvalue weighted by atomic mass is 9.97. The standard InChI is InChI=1S/C20H26FN3O9S/c21-9-4-2-1-3-8(9)10-5-24(23-22-10)13-14(27)11(6-25)32-19(16(13)29)34-20-18(31)17(30)15(28)12(7-26)33-20/h1-5,11-20,25-31H,6-7H2/t11-,12-,13+,14+,15-,16-,17+,18-,19+,20+/m1/s1. The summed E-state index contributed by atoms with van der Waals surface area (Å²) in [5.41, 5.74) is -2.11. The summed E-state index contributed by atoms with van der Waals surface area (Å²) in [7, 11) is 0. The summed E-state index contributed by atoms with van der Waals surface area (Å²) in [6.45, 7) is -1.25. The Kier molecular flexibility index (Phi) is 7.83. The Morgan fingerprint density at radius 1 is 0.853 bits per heavy atom. The second kappa shape index (κ2) is 10.5. The van der Waals surface area contributed by atoms with Crippen molar-refractivity contribution in [2.45, 2.75) is 59.6 Å². The molecule has 0 bridgehead atoms. The number of aromatic nitrogens is 3. The van der Waals surface area contributed by atoms with Gasteiger partial charge in [0.15, 0.2) is 0 Å². The van der Waals surface area contributed by atoms with Crippen molar-refractivity contribution in [3.8, 4) is 11.3 Å². The van der Waals surface area contributed by atoms with Gasteiger partial charge < -0.3 is 45.2 Å². The molecule has 188 valence electrons. The number of aliphatic hydroxyl groups excluding tert-OH is 7. The van der Waals surface area contributed by atoms with Crippen LogP contribution in [0.3, 0.4) is 0 Å². The molecule has 1 aromatic carbocycles. The lowest BCUT2D eigenvalue weighted by Gasteiger charge is -2.45. The summed E-state index contributed by atoms with van der Waals surface area (Å²) in [4.78, 5) is 0. The Hall–Kier alpha value is -1.72. The minimum Gasteiger partial charge on any atom is -0.394 e. The van der Waals surface area contributed by atoms with Gasteiger partial charge in [-0.15, -0.1) is 5.10 Å². The topological polar surface area (TPSA) is 191 Å². The molecule has 0 saturated carbocycles. The maximum absolute atomic E-state index is 14.2. The van der Waals surface area contributed by atoms with Crippen molar-refractivity contribution < 1.29 is 49.6 Å². The number of benzene rings is 1. The molecule has 2 aromatic rings. The molecular formula is C20H26FN3O9S. The van der Waals surface area contributed by atoms with E-state index < -0.39 is 78.7 Å². The zero-order chi connectivity index (χ0) is 24.6. The fourth-order valence-electron chi connectivity index (χ4n) is 4.02. The normalized spacial score (nSPS) is 38.7. The van der Waals surface area contributed by atoms with Crippen LogP contribution < -0.4 is 0 Å². The SMILES string of the molecule is OC[C@H]1O[C@@H](S[C@@H]2O[C@H](CO)[C@@H](O)[C@H](O)[C@H]2O)[C@H](O)[C@@H](n2cc(-c3ccccc3F)nn2)[C@H]1O. The highest BCUT2D eigenvalue weighted by atomic mass is 32.2. The Balaban J connectivity index is 1.58. The zero-order valence-electron chi connectivity index (χ0n) is 17.6. The van der Waals surface area contributed by atoms with Crippen molar-refractivity contribution in [1.82, 2.24) is 15.0 Å². The number of ether oxygens (including phenoxy) is 2. The molecule has 0 amide bonds. The summed E-state index contributed by atoms with van der Waals surface area (Å²) in [5, 5.41) is 79.0. The van der Waals surface area contributed by atoms with E-state index in [0.717, 1.165) is 16.4 Å². The highest BCUT2D eigenvalue weighted by Gasteiger charge is 2.50. The van der Waals surface area contributed by atoms with E-state index in [1.165, 1.54) is 24.4 Å². The lowest BCUT2D eigenvalue weighted by molar-refractivity contribution is -0.208. The van der Waals surface area contributed by atoms with E-state index in [1.807, 2.05) is 0 Å². The second-order valence-electron chi connectivity index (χ2n) is 8.09. The van der Waals surface area contributed by atoms with Gasteiger partial charge in [0.05, 0.1) is 19.4 Å². The van der Waals surface area contributed by atoms with Crippen molar-refractivity contribution in [3.63, 3.8) is 0 Å². The quantitative estimate of drug-likeness (QED) is 0.221. The number of aliphatic hydroxyl groups is 7. The van der Waals surface area contributed by atoms with Crippen molar-refractivity contribution >= 4 is 11.8 Å². The molecule has 2 aliphatic heterocycles. The van der Waals surface area contributed by atoms with E-state index in [4.69, 9.17) is 9.47 Å². The molecule has 14 heteroatoms. The first-order valence-corrected chi connectivity index (χ1v) is 11.5. The molecule has 2 aliphatic rings. The first-order valence-electron chi connectivity index (χ1n) is 10.5. The number of hydrogen-bond donors (Lipinski definition) is 7. The molecule has 1 aromatic heterocycles. The van der Waals surface area contributed by atoms with Gasteiger partial charge in [-0.05, 0) is 12.1 Å². The van der Waals surface area contributed by atoms with Crippen LogP contribution in [0.25, 0.3) is 11.3 Å². The first kappa shape index (κ1) is 25.4. The Bertz CT molecular complexity index is 969. The summed E-state index contributed by atoms with van der Waals surface area (Å²) < 4.78 is 26.3. The molecule has 2 fully saturated rings. The van der Waals surface area contributed by atoms with Gasteiger partial charge in [0.1, 0.15) is 71.2 Å². The van der Waals surface area contributed by atoms with Gasteiger partial charge in [-0.1, -0.05) is 29.1 Å². The number of thioether (sulfide) groups is 1. The molecule has 7 N–H and O–H groups in total. The summed E-state index contributed by atoms with van der Waals surface area (Å²) in [6.07, 6.45) is -8.67. The third-order valence-electron chi connectivity index (χ3n) is 5.93. The third kappa shape index (κ3) is 4.70. The smallest absolute Gasteiger partial charge is 0.134 e. The molecule has 0 aliphatic carbocycles. The fraction of sp³-hybridized carbons (Fsp3) is 0.600. The van der Waals surface area contributed by atoms with Gasteiger partial charge in [-0.3, -0.25) is 0 Å². The Morgan fingerprint density at radius 3 is 2.12 bits per heavy atom. The number of halogens is 1. The van der Waals surface area contributed by atoms with Crippen LogP contribution in [-0.2, 0) is 9.47 Å². The molecule has 12 nitrogen and oxygen atoms in total. The largest absolute Gasteiger partial charge is 0.394 e. The van der Waals surface area contributed by atoms with E-state index in [-0.39, 0.29) is 11.3 Å². The highest BCUT2D eigenvalue weighted by molar-refractivity contribution is 8.00. The van der Waals surface area contributed by atoms with Crippen LogP contribution in [-0.4, -0.2) is 118 Å². The van der Waals surface area contributed by atoms with Crippen LogP contribution in [0.2, 0.25) is 0 Å². The van der Waals surface area contributed by atoms with Crippen LogP contribution in [0.4, 0.5) is 4.39 Å². The van der Waals surface area contributed by atoms with Crippen LogP contribution in [0.1, 0.15) is 6.04 Å². The van der Waals surface area contributed by atoms with Gasteiger partial charge >= 0.3 is 0 Å². The average molecular weight is 504 g/mol. The zero-order valence-corrected chi connectivity index (χ0v) is 18.5. The van der Waals surface area contributed by atoms with E-state index in [1.54, 1.807) is 6.07 Å². The highest BCUT2D eigenvalue weighted by Crippen LogP contribution is 2.40. The molecule has 0 spiro atoms. The Morgan fingerprint density at radius 2 is 1.47 bits per heavy atom. The molecule has 2 saturated heterocycles. The average Bonchev–Trinajstić information content (AvgIpc) is 3.30. The van der Waals surface area contributed by atoms with Crippen molar-refractivity contribution in [3.05, 3.63) is 36.3 Å². The van der Waals surface area contributed by atoms with Gasteiger partial charge in [0.2, 0.25) is 0 Å². The third-order valence-corrected chi connectivity index (χ3v) is 7.25. The molecule has 3 heterocycles. The van der Waals surface area contributed by atoms with Crippen molar-refractivity contribution in [2.75, 3.05) is 13.2 Å². The van der Waals surface area contributed by atoms with E-state index >= 15 is 0 Å². The predicted octanol–water partition coefficient (Wildman–Crippen LogP) is -2.40. The lowest BCUT2D eigenvalue weighted by Crippen LogP contribution is -2.59. The van der Waals surface area contributed by atoms with Gasteiger partial charge in [-0.2, -0.15) is 0 Å². The first-order chi connectivity index (χ1) is 16.3. The molecule has 0 radical (unpaired) electrons. The van der Waals surface area contributed by atoms with Crippen LogP contribution >= 0.6 is 11.8 Å². The predicted molar refractivity (Wildman–Crippen MR) is 114 cm³/mol. The molecule has 10 atom stereocenters. The monoisotopic (exact) mass is 503 g/mol. The molecular weight excluding hydrogens is 477 g/mol. The van der Waals surface area contributed by atoms with Gasteiger partial charge in [0.25, 0.3) is 0 Å². The van der Waals surface area contributed by atoms with E-state index in [2.05, 4.69) is 10.3 Å². The molecule has 4 rings (SSSR count). The van der Waals surface area contributed by atoms with Crippen LogP contribution in [0, 0.1) is 5.82 Å². The summed E-state index contributed by atoms with van der Waals surface area (Å²) in [5.74, 6) is -0.535. The summed E-state index contributed by atoms with van der Waals surface area (Å²) in [6, 6.07) is 4.70. The number of hydrogen-bond acceptors (Lipinski definition) is 12. The maximum atomic E-state index is 14.2. The fourth-order valence-corrected chi connectivity index (χ4v) is 5.34. The minimum atomic E-state index is -1.63. The van der Waals surface area contributed by atoms with Crippen molar-refractivity contribution in [2.24, 2.45) is 0 Å². The van der Waals surface area contributed by atoms with Crippen molar-refractivity contribution in [1.29, 1.82) is 0 Å². The number of nitrogens with zero attached hydrogens (tertiary/aromatic N) is 3. The van der Waals surface area contributed by atoms with Gasteiger partial charge in [0, 0.05) is 5.56 Å². The second-order valence-corrected chi connectivity index (χ2v) is 9.30. The summed E-state index contributed by atoms with van der Waals surface area (Å²) >= 11 is 0.737. The molecule has 0 unspecified atom stereocenters. The van der Waals surface area contributed by atoms with Crippen LogP contribution in [0.5, 0.6) is 0 Å². The maximum Gasteiger partial charge on any atom is 0.134 e. The minimum absolute atomic E-state index is 0.155. The number of rotatable bonds is 6. The van der Waals surface area contributed by atoms with E-state index in [9.17, 15) is 40.1 Å². The Labute approximate surface area is 197 Å². The van der Waals surface area contributed by atoms with Gasteiger partial charge in [-0.25, -0.2) is 9.07 Å². The van der Waals surface area contributed by atoms with Crippen LogP contribution in [0.15, 0.2) is 30.5 Å².